The molecule has 14 heteroatoms. The first kappa shape index (κ1) is 43.8. The molecular weight excluding hydrogens is 828 g/mol. The number of halogens is 2. The van der Waals surface area contributed by atoms with Crippen molar-refractivity contribution in [1.29, 1.82) is 0 Å². The minimum atomic E-state index is -0.319. The molecule has 0 aliphatic carbocycles. The molecule has 4 fully saturated rings. The molecule has 4 atom stereocenters. The third-order valence-electron chi connectivity index (χ3n) is 12.8. The minimum absolute atomic E-state index is 0. The fourth-order valence-electron chi connectivity index (χ4n) is 10.0. The summed E-state index contributed by atoms with van der Waals surface area (Å²) < 4.78 is 47.2. The quantitative estimate of drug-likeness (QED) is 0.173. The number of methoxy groups -OCH3 is 6. The van der Waals surface area contributed by atoms with E-state index in [0.717, 1.165) is 84.5 Å². The number of esters is 2. The number of carbonyl (C=O) groups is 2. The molecule has 4 heterocycles. The molecule has 12 nitrogen and oxygen atoms in total. The lowest BCUT2D eigenvalue weighted by Crippen LogP contribution is -3.00. The Balaban J connectivity index is 0.00000325. The Morgan fingerprint density at radius 2 is 0.796 bits per heavy atom. The van der Waals surface area contributed by atoms with Crippen molar-refractivity contribution in [2.45, 2.75) is 114 Å². The van der Waals surface area contributed by atoms with Gasteiger partial charge in [-0.05, 0) is 24.3 Å². The van der Waals surface area contributed by atoms with Gasteiger partial charge >= 0.3 is 11.9 Å². The molecule has 0 N–H and O–H groups in total. The van der Waals surface area contributed by atoms with E-state index in [4.69, 9.17) is 37.9 Å². The summed E-state index contributed by atoms with van der Waals surface area (Å²) in [5.74, 6) is 3.15. The zero-order chi connectivity index (χ0) is 37.2. The predicted molar refractivity (Wildman–Crippen MR) is 193 cm³/mol. The lowest BCUT2D eigenvalue weighted by atomic mass is 9.95. The third kappa shape index (κ3) is 8.71. The van der Waals surface area contributed by atoms with E-state index in [2.05, 4.69) is 14.1 Å². The van der Waals surface area contributed by atoms with Crippen molar-refractivity contribution in [3.8, 4) is 34.5 Å². The molecule has 0 amide bonds. The summed E-state index contributed by atoms with van der Waals surface area (Å²) in [5, 5.41) is 0. The number of carbonyl (C=O) groups excluding carboxylic acids is 2. The number of ether oxygens (including phenoxy) is 8. The maximum absolute atomic E-state index is 13.0. The second-order valence-electron chi connectivity index (χ2n) is 15.5. The smallest absolute Gasteiger partial charge is 0.306 e. The fraction of sp³-hybridized carbons (Fsp3) is 0.650. The van der Waals surface area contributed by atoms with Gasteiger partial charge in [0.1, 0.15) is 25.3 Å². The average Bonchev–Trinajstić information content (AvgIpc) is 3.36. The van der Waals surface area contributed by atoms with Crippen molar-refractivity contribution in [2.24, 2.45) is 0 Å². The van der Waals surface area contributed by atoms with Crippen LogP contribution in [0.2, 0.25) is 0 Å². The van der Waals surface area contributed by atoms with E-state index in [1.54, 1.807) is 42.7 Å². The molecule has 4 unspecified atom stereocenters. The van der Waals surface area contributed by atoms with Crippen LogP contribution in [0.5, 0.6) is 34.5 Å². The molecule has 302 valence electrons. The van der Waals surface area contributed by atoms with Crippen LogP contribution in [0.3, 0.4) is 0 Å². The lowest BCUT2D eigenvalue weighted by Gasteiger charge is -2.47. The van der Waals surface area contributed by atoms with Crippen molar-refractivity contribution < 1.29 is 90.4 Å². The van der Waals surface area contributed by atoms with Gasteiger partial charge in [-0.15, -0.1) is 0 Å². The summed E-state index contributed by atoms with van der Waals surface area (Å²) >= 11 is 0. The number of nitrogens with zero attached hydrogens (tertiary/aromatic N) is 2. The van der Waals surface area contributed by atoms with Crippen LogP contribution in [-0.4, -0.2) is 114 Å². The summed E-state index contributed by atoms with van der Waals surface area (Å²) in [6.45, 7) is 1.65. The minimum Gasteiger partial charge on any atom is -1.00 e. The van der Waals surface area contributed by atoms with E-state index in [9.17, 15) is 9.59 Å². The van der Waals surface area contributed by atoms with Gasteiger partial charge in [0, 0.05) is 62.5 Å². The van der Waals surface area contributed by atoms with E-state index in [0.29, 0.717) is 58.7 Å². The van der Waals surface area contributed by atoms with Crippen LogP contribution in [0.25, 0.3) is 0 Å². The van der Waals surface area contributed by atoms with Crippen LogP contribution in [0.4, 0.5) is 0 Å². The van der Waals surface area contributed by atoms with Crippen molar-refractivity contribution in [1.82, 2.24) is 0 Å². The number of rotatable bonds is 15. The van der Waals surface area contributed by atoms with Crippen LogP contribution in [0.1, 0.15) is 75.3 Å². The summed E-state index contributed by atoms with van der Waals surface area (Å²) in [7, 11) is 14.4. The van der Waals surface area contributed by atoms with E-state index >= 15 is 0 Å². The monoisotopic (exact) mass is 884 g/mol. The second-order valence-corrected chi connectivity index (χ2v) is 15.5. The highest BCUT2D eigenvalue weighted by Gasteiger charge is 2.54. The van der Waals surface area contributed by atoms with Crippen molar-refractivity contribution >= 4 is 11.9 Å². The molecular formula is C40H58Br2N2O10. The van der Waals surface area contributed by atoms with Crippen LogP contribution < -0.4 is 62.4 Å². The van der Waals surface area contributed by atoms with E-state index < -0.39 is 0 Å². The Kier molecular flexibility index (Phi) is 14.9. The molecule has 0 aromatic heterocycles. The van der Waals surface area contributed by atoms with Gasteiger partial charge in [0.15, 0.2) is 23.0 Å². The SMILES string of the molecule is COc1cc(C[N+]2(C)C3CCC2CC(OC(=O)CCC(=O)OC2CC4CCC(C2)[N+]4(C)Cc2cc(OC)c(OC)c(OC)c2)C3)cc(OC)c1OC.[Br-].[Br-]. The first-order valence-electron chi connectivity index (χ1n) is 18.6. The van der Waals surface area contributed by atoms with Crippen LogP contribution in [-0.2, 0) is 32.2 Å². The topological polar surface area (TPSA) is 108 Å². The first-order chi connectivity index (χ1) is 25.0. The standard InChI is InChI=1S/C40H58N2O10.2BrH/c1-41(23-25-15-33(45-3)39(49-7)34(16-25)46-4)27-9-10-28(41)20-31(19-27)51-37(43)13-14-38(44)52-32-21-29-11-12-30(22-32)42(29,2)24-26-17-35(47-5)40(50-8)36(18-26)48-6;;/h15-18,27-32H,9-14,19-24H2,1-8H3;2*1H/q+2;;/p-2. The van der Waals surface area contributed by atoms with Gasteiger partial charge in [-0.1, -0.05) is 0 Å². The normalized spacial score (nSPS) is 29.2. The maximum atomic E-state index is 13.0. The molecule has 4 saturated heterocycles. The van der Waals surface area contributed by atoms with Crippen molar-refractivity contribution in [3.63, 3.8) is 0 Å². The van der Waals surface area contributed by atoms with Gasteiger partial charge in [0.25, 0.3) is 0 Å². The molecule has 4 aliphatic rings. The molecule has 54 heavy (non-hydrogen) atoms. The van der Waals surface area contributed by atoms with Gasteiger partial charge in [-0.25, -0.2) is 0 Å². The Labute approximate surface area is 341 Å². The molecule has 2 aromatic rings. The summed E-state index contributed by atoms with van der Waals surface area (Å²) in [6, 6.07) is 9.62. The first-order valence-corrected chi connectivity index (χ1v) is 18.6. The summed E-state index contributed by atoms with van der Waals surface area (Å²) in [5.41, 5.74) is 2.24. The number of hydrogen-bond donors (Lipinski definition) is 0. The molecule has 0 saturated carbocycles. The number of hydrogen-bond acceptors (Lipinski definition) is 10. The number of fused-ring (bicyclic) bond motifs is 4. The predicted octanol–water partition coefficient (Wildman–Crippen LogP) is -0.407. The summed E-state index contributed by atoms with van der Waals surface area (Å²) in [6.07, 6.45) is 7.42. The Hall–Kier alpha value is -2.94. The van der Waals surface area contributed by atoms with Gasteiger partial charge < -0.3 is 80.8 Å². The highest BCUT2D eigenvalue weighted by molar-refractivity contribution is 5.77. The van der Waals surface area contributed by atoms with Crippen molar-refractivity contribution in [2.75, 3.05) is 56.8 Å². The van der Waals surface area contributed by atoms with Gasteiger partial charge in [-0.2, -0.15) is 0 Å². The highest BCUT2D eigenvalue weighted by Crippen LogP contribution is 2.47. The lowest BCUT2D eigenvalue weighted by molar-refractivity contribution is -0.961. The number of piperidine rings is 2. The largest absolute Gasteiger partial charge is 1.00 e. The number of benzene rings is 2. The van der Waals surface area contributed by atoms with Gasteiger partial charge in [-0.3, -0.25) is 9.59 Å². The Bertz CT molecular complexity index is 1430. The molecule has 6 rings (SSSR count). The van der Waals surface area contributed by atoms with Gasteiger partial charge in [0.2, 0.25) is 11.5 Å². The fourth-order valence-corrected chi connectivity index (χ4v) is 10.0. The third-order valence-corrected chi connectivity index (χ3v) is 12.8. The highest BCUT2D eigenvalue weighted by atomic mass is 79.9. The van der Waals surface area contributed by atoms with Crippen molar-refractivity contribution in [3.05, 3.63) is 35.4 Å². The van der Waals surface area contributed by atoms with E-state index in [-0.39, 0.29) is 71.0 Å². The maximum Gasteiger partial charge on any atom is 0.306 e. The van der Waals surface area contributed by atoms with Gasteiger partial charge in [0.05, 0.1) is 93.8 Å². The van der Waals surface area contributed by atoms with E-state index in [1.807, 2.05) is 24.3 Å². The molecule has 2 aromatic carbocycles. The molecule has 0 spiro atoms. The zero-order valence-corrected chi connectivity index (χ0v) is 36.2. The second kappa shape index (κ2) is 18.3. The molecule has 4 aliphatic heterocycles. The Morgan fingerprint density at radius 1 is 0.519 bits per heavy atom. The molecule has 0 radical (unpaired) electrons. The number of quaternary nitrogens is 2. The van der Waals surface area contributed by atoms with Crippen LogP contribution in [0, 0.1) is 0 Å². The molecule has 4 bridgehead atoms. The summed E-state index contributed by atoms with van der Waals surface area (Å²) in [4.78, 5) is 26.0. The Morgan fingerprint density at radius 3 is 1.04 bits per heavy atom. The van der Waals surface area contributed by atoms with Crippen LogP contribution in [0.15, 0.2) is 24.3 Å². The van der Waals surface area contributed by atoms with E-state index in [1.165, 1.54) is 0 Å². The zero-order valence-electron chi connectivity index (χ0n) is 33.0. The van der Waals surface area contributed by atoms with Crippen LogP contribution >= 0.6 is 0 Å². The average molecular weight is 887 g/mol.